The van der Waals surface area contributed by atoms with Crippen molar-refractivity contribution in [3.8, 4) is 0 Å². The van der Waals surface area contributed by atoms with Gasteiger partial charge in [-0.1, -0.05) is 26.0 Å². The maximum Gasteiger partial charge on any atom is 0.133 e. The Kier molecular flexibility index (Phi) is 3.96. The number of aliphatic hydroxyl groups excluding tert-OH is 1. The van der Waals surface area contributed by atoms with Crippen LogP contribution in [0.3, 0.4) is 0 Å². The lowest BCUT2D eigenvalue weighted by Crippen LogP contribution is -2.12. The lowest BCUT2D eigenvalue weighted by atomic mass is 10.0. The van der Waals surface area contributed by atoms with Crippen LogP contribution in [0.5, 0.6) is 0 Å². The Morgan fingerprint density at radius 3 is 2.79 bits per heavy atom. The maximum absolute atomic E-state index is 9.74. The van der Waals surface area contributed by atoms with E-state index in [9.17, 15) is 5.11 Å². The van der Waals surface area contributed by atoms with Gasteiger partial charge in [-0.3, -0.25) is 0 Å². The molecule has 0 aliphatic heterocycles. The van der Waals surface area contributed by atoms with Gasteiger partial charge in [-0.05, 0) is 30.6 Å². The number of rotatable bonds is 3. The van der Waals surface area contributed by atoms with E-state index in [1.54, 1.807) is 6.08 Å². The summed E-state index contributed by atoms with van der Waals surface area (Å²) >= 11 is 0. The van der Waals surface area contributed by atoms with E-state index in [-0.39, 0.29) is 6.10 Å². The summed E-state index contributed by atoms with van der Waals surface area (Å²) in [5.74, 6) is 0.711. The monoisotopic (exact) mass is 194 g/mol. The summed E-state index contributed by atoms with van der Waals surface area (Å²) in [7, 11) is 0. The lowest BCUT2D eigenvalue weighted by Gasteiger charge is -2.11. The van der Waals surface area contributed by atoms with Crippen LogP contribution in [0, 0.1) is 5.92 Å². The van der Waals surface area contributed by atoms with Crippen LogP contribution in [-0.4, -0.2) is 17.8 Å². The standard InChI is InChI=1S/C12H18O2/c1-4-14-12-7-5-6-10(9(2)3)8-11(12)13/h5-9,12-13H,4H2,1-3H3. The second-order valence-corrected chi connectivity index (χ2v) is 3.65. The van der Waals surface area contributed by atoms with E-state index in [1.807, 2.05) is 25.2 Å². The van der Waals surface area contributed by atoms with Gasteiger partial charge in [0.05, 0.1) is 0 Å². The van der Waals surface area contributed by atoms with Crippen molar-refractivity contribution in [2.24, 2.45) is 5.92 Å². The molecular weight excluding hydrogens is 176 g/mol. The average Bonchev–Trinajstić information content (AvgIpc) is 2.30. The highest BCUT2D eigenvalue weighted by molar-refractivity contribution is 5.33. The van der Waals surface area contributed by atoms with Gasteiger partial charge >= 0.3 is 0 Å². The molecule has 1 aliphatic rings. The molecule has 0 saturated carbocycles. The van der Waals surface area contributed by atoms with Gasteiger partial charge in [0, 0.05) is 6.61 Å². The third-order valence-corrected chi connectivity index (χ3v) is 2.19. The average molecular weight is 194 g/mol. The minimum Gasteiger partial charge on any atom is -0.509 e. The van der Waals surface area contributed by atoms with Gasteiger partial charge in [0.2, 0.25) is 0 Å². The smallest absolute Gasteiger partial charge is 0.133 e. The minimum absolute atomic E-state index is 0.285. The van der Waals surface area contributed by atoms with Gasteiger partial charge in [0.15, 0.2) is 0 Å². The summed E-state index contributed by atoms with van der Waals surface area (Å²) in [5.41, 5.74) is 1.13. The Balaban J connectivity index is 2.81. The van der Waals surface area contributed by atoms with Gasteiger partial charge in [0.1, 0.15) is 11.9 Å². The molecule has 78 valence electrons. The van der Waals surface area contributed by atoms with Gasteiger partial charge < -0.3 is 9.84 Å². The van der Waals surface area contributed by atoms with Crippen LogP contribution in [0.4, 0.5) is 0 Å². The Morgan fingerprint density at radius 2 is 2.21 bits per heavy atom. The Bertz CT molecular complexity index is 272. The Morgan fingerprint density at radius 1 is 1.50 bits per heavy atom. The molecule has 0 heterocycles. The van der Waals surface area contributed by atoms with Crippen molar-refractivity contribution in [2.45, 2.75) is 26.9 Å². The zero-order chi connectivity index (χ0) is 10.6. The molecule has 1 unspecified atom stereocenters. The summed E-state index contributed by atoms with van der Waals surface area (Å²) < 4.78 is 5.36. The zero-order valence-electron chi connectivity index (χ0n) is 9.03. The van der Waals surface area contributed by atoms with Crippen LogP contribution in [0.15, 0.2) is 35.6 Å². The van der Waals surface area contributed by atoms with Crippen LogP contribution < -0.4 is 0 Å². The summed E-state index contributed by atoms with van der Waals surface area (Å²) in [4.78, 5) is 0. The molecule has 0 radical (unpaired) electrons. The van der Waals surface area contributed by atoms with Crippen LogP contribution in [0.2, 0.25) is 0 Å². The number of hydrogen-bond acceptors (Lipinski definition) is 2. The molecule has 0 bridgehead atoms. The van der Waals surface area contributed by atoms with Gasteiger partial charge in [-0.2, -0.15) is 0 Å². The lowest BCUT2D eigenvalue weighted by molar-refractivity contribution is 0.0891. The largest absolute Gasteiger partial charge is 0.509 e. The molecular formula is C12H18O2. The summed E-state index contributed by atoms with van der Waals surface area (Å²) in [6, 6.07) is 0. The van der Waals surface area contributed by atoms with Crippen molar-refractivity contribution in [3.63, 3.8) is 0 Å². The number of aliphatic hydroxyl groups is 1. The topological polar surface area (TPSA) is 29.5 Å². The first-order chi connectivity index (χ1) is 6.65. The SMILES string of the molecule is CCOC1C=CC=C(C(C)C)C=C1O. The van der Waals surface area contributed by atoms with Crippen LogP contribution >= 0.6 is 0 Å². The normalized spacial score (nSPS) is 21.9. The molecule has 2 nitrogen and oxygen atoms in total. The number of ether oxygens (including phenoxy) is 1. The van der Waals surface area contributed by atoms with Crippen molar-refractivity contribution in [1.29, 1.82) is 0 Å². The molecule has 0 aromatic heterocycles. The molecule has 14 heavy (non-hydrogen) atoms. The molecule has 0 spiro atoms. The molecule has 0 amide bonds. The summed E-state index contributed by atoms with van der Waals surface area (Å²) in [6.45, 7) is 6.72. The van der Waals surface area contributed by atoms with Gasteiger partial charge in [-0.15, -0.1) is 0 Å². The minimum atomic E-state index is -0.285. The van der Waals surface area contributed by atoms with Crippen LogP contribution in [0.1, 0.15) is 20.8 Å². The first kappa shape index (κ1) is 11.1. The van der Waals surface area contributed by atoms with Crippen LogP contribution in [-0.2, 0) is 4.74 Å². The van der Waals surface area contributed by atoms with E-state index in [0.29, 0.717) is 18.3 Å². The highest BCUT2D eigenvalue weighted by Gasteiger charge is 2.13. The number of hydrogen-bond donors (Lipinski definition) is 1. The first-order valence-electron chi connectivity index (χ1n) is 5.05. The number of allylic oxidation sites excluding steroid dienone is 4. The molecule has 0 fully saturated rings. The van der Waals surface area contributed by atoms with E-state index < -0.39 is 0 Å². The predicted molar refractivity (Wildman–Crippen MR) is 58.2 cm³/mol. The predicted octanol–water partition coefficient (Wildman–Crippen LogP) is 2.99. The molecule has 1 atom stereocenters. The summed E-state index contributed by atoms with van der Waals surface area (Å²) in [6.07, 6.45) is 7.33. The van der Waals surface area contributed by atoms with E-state index in [0.717, 1.165) is 5.57 Å². The second-order valence-electron chi connectivity index (χ2n) is 3.65. The van der Waals surface area contributed by atoms with E-state index >= 15 is 0 Å². The highest BCUT2D eigenvalue weighted by atomic mass is 16.5. The van der Waals surface area contributed by atoms with E-state index in [1.165, 1.54) is 0 Å². The molecule has 0 aromatic rings. The highest BCUT2D eigenvalue weighted by Crippen LogP contribution is 2.19. The molecule has 1 N–H and O–H groups in total. The van der Waals surface area contributed by atoms with Crippen molar-refractivity contribution in [1.82, 2.24) is 0 Å². The van der Waals surface area contributed by atoms with Gasteiger partial charge in [-0.25, -0.2) is 0 Å². The Labute approximate surface area is 85.6 Å². The van der Waals surface area contributed by atoms with Crippen molar-refractivity contribution < 1.29 is 9.84 Å². The van der Waals surface area contributed by atoms with E-state index in [4.69, 9.17) is 4.74 Å². The fourth-order valence-corrected chi connectivity index (χ4v) is 1.35. The second kappa shape index (κ2) is 5.01. The van der Waals surface area contributed by atoms with Crippen molar-refractivity contribution >= 4 is 0 Å². The molecule has 1 rings (SSSR count). The van der Waals surface area contributed by atoms with Crippen molar-refractivity contribution in [2.75, 3.05) is 6.61 Å². The van der Waals surface area contributed by atoms with E-state index in [2.05, 4.69) is 13.8 Å². The van der Waals surface area contributed by atoms with Crippen LogP contribution in [0.25, 0.3) is 0 Å². The fourth-order valence-electron chi connectivity index (χ4n) is 1.35. The quantitative estimate of drug-likeness (QED) is 0.748. The third kappa shape index (κ3) is 2.74. The fraction of sp³-hybridized carbons (Fsp3) is 0.500. The third-order valence-electron chi connectivity index (χ3n) is 2.19. The molecule has 0 aromatic carbocycles. The maximum atomic E-state index is 9.74. The molecule has 1 aliphatic carbocycles. The first-order valence-corrected chi connectivity index (χ1v) is 5.05. The Hall–Kier alpha value is -1.02. The van der Waals surface area contributed by atoms with Crippen molar-refractivity contribution in [3.05, 3.63) is 35.6 Å². The van der Waals surface area contributed by atoms with Gasteiger partial charge in [0.25, 0.3) is 0 Å². The summed E-state index contributed by atoms with van der Waals surface area (Å²) in [5, 5.41) is 9.74. The molecule has 2 heteroatoms. The zero-order valence-corrected chi connectivity index (χ0v) is 9.03. The molecule has 0 saturated heterocycles.